The number of hydrogen-bond donors (Lipinski definition) is 1. The van der Waals surface area contributed by atoms with E-state index >= 15 is 0 Å². The third-order valence-corrected chi connectivity index (χ3v) is 5.72. The lowest BCUT2D eigenvalue weighted by Gasteiger charge is -2.21. The quantitative estimate of drug-likeness (QED) is 0.481. The third kappa shape index (κ3) is 8.86. The summed E-state index contributed by atoms with van der Waals surface area (Å²) in [6.45, 7) is 11.0. The van der Waals surface area contributed by atoms with Gasteiger partial charge in [-0.15, -0.1) is 0 Å². The van der Waals surface area contributed by atoms with E-state index in [2.05, 4.69) is 28.1 Å². The van der Waals surface area contributed by atoms with Crippen LogP contribution in [0.2, 0.25) is 0 Å². The molecule has 7 heteroatoms. The Hall–Kier alpha value is -2.61. The van der Waals surface area contributed by atoms with Gasteiger partial charge in [-0.3, -0.25) is 0 Å². The summed E-state index contributed by atoms with van der Waals surface area (Å²) in [5.74, 6) is 0.843. The summed E-state index contributed by atoms with van der Waals surface area (Å²) in [5.41, 5.74) is 8.00. The molecule has 1 fully saturated rings. The maximum atomic E-state index is 8.00. The molecule has 1 aromatic heterocycles. The lowest BCUT2D eigenvalue weighted by molar-refractivity contribution is -0.0987. The lowest BCUT2D eigenvalue weighted by atomic mass is 10.1. The van der Waals surface area contributed by atoms with Gasteiger partial charge in [-0.05, 0) is 68.6 Å². The van der Waals surface area contributed by atoms with Crippen molar-refractivity contribution in [3.63, 3.8) is 0 Å². The van der Waals surface area contributed by atoms with Crippen LogP contribution in [0.1, 0.15) is 38.7 Å². The number of para-hydroxylation sites is 1. The van der Waals surface area contributed by atoms with Crippen LogP contribution in [0, 0.1) is 0 Å². The molecule has 0 amide bonds. The van der Waals surface area contributed by atoms with Gasteiger partial charge in [0.15, 0.2) is 0 Å². The van der Waals surface area contributed by atoms with Gasteiger partial charge in [0.1, 0.15) is 19.3 Å². The summed E-state index contributed by atoms with van der Waals surface area (Å²) in [5, 5.41) is 0.695. The van der Waals surface area contributed by atoms with Crippen LogP contribution in [0.15, 0.2) is 48.5 Å². The Balaban J connectivity index is 0.000000789. The number of thiazole rings is 1. The fourth-order valence-electron chi connectivity index (χ4n) is 3.20. The first-order valence-corrected chi connectivity index (χ1v) is 11.8. The zero-order valence-corrected chi connectivity index (χ0v) is 20.0. The number of carbonyl (C=O) groups is 2. The van der Waals surface area contributed by atoms with Crippen molar-refractivity contribution in [2.45, 2.75) is 45.6 Å². The van der Waals surface area contributed by atoms with E-state index in [1.807, 2.05) is 57.8 Å². The van der Waals surface area contributed by atoms with Gasteiger partial charge in [0.25, 0.3) is 5.19 Å². The molecule has 3 aromatic rings. The van der Waals surface area contributed by atoms with E-state index < -0.39 is 0 Å². The molecule has 1 aliphatic carbocycles. The largest absolute Gasteiger partial charge is 0.431 e. The number of aromatic nitrogens is 1. The number of ether oxygens (including phenoxy) is 1. The topological polar surface area (TPSA) is 85.5 Å². The fourth-order valence-corrected chi connectivity index (χ4v) is 4.04. The Bertz CT molecular complexity index is 847. The van der Waals surface area contributed by atoms with Gasteiger partial charge in [0, 0.05) is 12.6 Å². The van der Waals surface area contributed by atoms with E-state index in [4.69, 9.17) is 20.1 Å². The van der Waals surface area contributed by atoms with E-state index in [-0.39, 0.29) is 0 Å². The summed E-state index contributed by atoms with van der Waals surface area (Å²) in [7, 11) is 0. The van der Waals surface area contributed by atoms with Crippen LogP contribution in [0.5, 0.6) is 10.9 Å². The number of nitrogens with two attached hydrogens (primary N) is 1. The molecule has 0 spiro atoms. The van der Waals surface area contributed by atoms with E-state index in [0.717, 1.165) is 54.5 Å². The molecule has 0 aliphatic heterocycles. The second-order valence-corrected chi connectivity index (χ2v) is 7.85. The van der Waals surface area contributed by atoms with Gasteiger partial charge >= 0.3 is 0 Å². The summed E-state index contributed by atoms with van der Waals surface area (Å²) in [4.78, 5) is 23.1. The molecule has 4 rings (SSSR count). The van der Waals surface area contributed by atoms with Crippen LogP contribution in [0.25, 0.3) is 10.2 Å². The first-order valence-electron chi connectivity index (χ1n) is 11.0. The summed E-state index contributed by atoms with van der Waals surface area (Å²) < 4.78 is 7.08. The first-order chi connectivity index (χ1) is 15.8. The van der Waals surface area contributed by atoms with E-state index in [1.54, 1.807) is 11.3 Å². The predicted molar refractivity (Wildman–Crippen MR) is 134 cm³/mol. The molecule has 0 atom stereocenters. The summed E-state index contributed by atoms with van der Waals surface area (Å²) in [6, 6.07) is 17.3. The van der Waals surface area contributed by atoms with Gasteiger partial charge in [-0.2, -0.15) is 0 Å². The van der Waals surface area contributed by atoms with Crippen LogP contribution in [-0.4, -0.2) is 49.1 Å². The van der Waals surface area contributed by atoms with Gasteiger partial charge in [0.2, 0.25) is 0 Å². The molecule has 1 heterocycles. The van der Waals surface area contributed by atoms with E-state index in [9.17, 15) is 0 Å². The number of carbonyl (C=O) groups excluding carboxylic acids is 2. The van der Waals surface area contributed by atoms with Crippen molar-refractivity contribution < 1.29 is 14.3 Å². The van der Waals surface area contributed by atoms with Crippen molar-refractivity contribution in [2.24, 2.45) is 5.73 Å². The van der Waals surface area contributed by atoms with Crippen molar-refractivity contribution in [1.82, 2.24) is 9.88 Å². The highest BCUT2D eigenvalue weighted by atomic mass is 32.1. The van der Waals surface area contributed by atoms with Gasteiger partial charge in [-0.25, -0.2) is 4.98 Å². The van der Waals surface area contributed by atoms with Crippen LogP contribution < -0.4 is 10.5 Å². The smallest absolute Gasteiger partial charge is 0.279 e. The second kappa shape index (κ2) is 16.1. The van der Waals surface area contributed by atoms with Crippen LogP contribution in [0.3, 0.4) is 0 Å². The van der Waals surface area contributed by atoms with Gasteiger partial charge < -0.3 is 25.0 Å². The van der Waals surface area contributed by atoms with Crippen molar-refractivity contribution in [2.75, 3.05) is 19.6 Å². The number of benzene rings is 2. The number of rotatable bonds is 9. The molecule has 1 aliphatic rings. The Morgan fingerprint density at radius 3 is 2.28 bits per heavy atom. The van der Waals surface area contributed by atoms with Crippen molar-refractivity contribution >= 4 is 35.1 Å². The summed E-state index contributed by atoms with van der Waals surface area (Å²) in [6.07, 6.45) is 4.85. The SMILES string of the molecule is C=O.C=O.CC.NCCCN(CCc1ccc(Oc2nc3ccccc3s2)cc1)C1CC1. The second-order valence-electron chi connectivity index (χ2n) is 6.85. The first kappa shape index (κ1) is 27.4. The monoisotopic (exact) mass is 457 g/mol. The van der Waals surface area contributed by atoms with E-state index in [1.165, 1.54) is 18.4 Å². The van der Waals surface area contributed by atoms with Crippen LogP contribution >= 0.6 is 11.3 Å². The highest BCUT2D eigenvalue weighted by molar-refractivity contribution is 7.20. The molecular weight excluding hydrogens is 422 g/mol. The zero-order valence-electron chi connectivity index (χ0n) is 19.2. The molecule has 0 bridgehead atoms. The van der Waals surface area contributed by atoms with Crippen molar-refractivity contribution in [3.05, 3.63) is 54.1 Å². The third-order valence-electron chi connectivity index (χ3n) is 4.80. The highest BCUT2D eigenvalue weighted by Gasteiger charge is 2.27. The predicted octanol–water partition coefficient (Wildman–Crippen LogP) is 5.10. The molecule has 2 aromatic carbocycles. The van der Waals surface area contributed by atoms with E-state index in [0.29, 0.717) is 5.19 Å². The maximum Gasteiger partial charge on any atom is 0.279 e. The van der Waals surface area contributed by atoms with Crippen molar-refractivity contribution in [3.8, 4) is 10.9 Å². The average molecular weight is 458 g/mol. The molecule has 6 nitrogen and oxygen atoms in total. The Kier molecular flexibility index (Phi) is 13.8. The molecule has 1 saturated carbocycles. The molecule has 0 unspecified atom stereocenters. The number of fused-ring (bicyclic) bond motifs is 1. The highest BCUT2D eigenvalue weighted by Crippen LogP contribution is 2.31. The maximum absolute atomic E-state index is 8.00. The van der Waals surface area contributed by atoms with Crippen molar-refractivity contribution in [1.29, 1.82) is 0 Å². The zero-order chi connectivity index (χ0) is 23.8. The normalized spacial score (nSPS) is 12.0. The molecular formula is C25H35N3O3S. The molecule has 2 N–H and O–H groups in total. The van der Waals surface area contributed by atoms with Gasteiger partial charge in [-0.1, -0.05) is 49.4 Å². The minimum Gasteiger partial charge on any atom is -0.431 e. The number of nitrogens with zero attached hydrogens (tertiary/aromatic N) is 2. The number of hydrogen-bond acceptors (Lipinski definition) is 7. The minimum atomic E-state index is 0.695. The Morgan fingerprint density at radius 2 is 1.69 bits per heavy atom. The fraction of sp³-hybridized carbons (Fsp3) is 0.400. The van der Waals surface area contributed by atoms with Gasteiger partial charge in [0.05, 0.1) is 10.2 Å². The minimum absolute atomic E-state index is 0.695. The van der Waals surface area contributed by atoms with Crippen LogP contribution in [0.4, 0.5) is 0 Å². The lowest BCUT2D eigenvalue weighted by Crippen LogP contribution is -2.30. The standard InChI is InChI=1S/C21H25N3OS.C2H6.2CH2O/c22-13-3-14-24(17-8-9-17)15-12-16-6-10-18(11-7-16)25-21-23-19-4-1-2-5-20(19)26-21;3*1-2/h1-2,4-7,10-11,17H,3,8-9,12-15,22H2;1-2H3;2*1H2. The summed E-state index contributed by atoms with van der Waals surface area (Å²) >= 11 is 1.58. The average Bonchev–Trinajstić information content (AvgIpc) is 3.63. The molecule has 0 radical (unpaired) electrons. The molecule has 32 heavy (non-hydrogen) atoms. The van der Waals surface area contributed by atoms with Crippen LogP contribution in [-0.2, 0) is 16.0 Å². The Morgan fingerprint density at radius 1 is 1.03 bits per heavy atom. The molecule has 0 saturated heterocycles. The molecule has 174 valence electrons. The Labute approximate surface area is 195 Å².